The Balaban J connectivity index is 1.48. The van der Waals surface area contributed by atoms with Crippen molar-refractivity contribution >= 4 is 11.9 Å². The number of hydrogen-bond acceptors (Lipinski definition) is 3. The summed E-state index contributed by atoms with van der Waals surface area (Å²) in [6.45, 7) is 6.78. The van der Waals surface area contributed by atoms with Crippen molar-refractivity contribution in [2.24, 2.45) is 5.92 Å². The van der Waals surface area contributed by atoms with E-state index in [1.54, 1.807) is 12.1 Å². The lowest BCUT2D eigenvalue weighted by molar-refractivity contribution is -0.136. The van der Waals surface area contributed by atoms with E-state index in [0.717, 1.165) is 29.7 Å². The van der Waals surface area contributed by atoms with Crippen LogP contribution in [0.4, 0.5) is 0 Å². The molecule has 1 aliphatic carbocycles. The van der Waals surface area contributed by atoms with Crippen molar-refractivity contribution in [3.05, 3.63) is 89.5 Å². The van der Waals surface area contributed by atoms with E-state index in [9.17, 15) is 9.59 Å². The number of carbonyl (C=O) groups is 2. The van der Waals surface area contributed by atoms with Crippen LogP contribution in [0.1, 0.15) is 86.9 Å². The normalized spacial score (nSPS) is 15.0. The number of nitrogens with one attached hydrogen (secondary N) is 1. The third-order valence-electron chi connectivity index (χ3n) is 7.41. The van der Waals surface area contributed by atoms with Crippen molar-refractivity contribution in [3.63, 3.8) is 0 Å². The highest BCUT2D eigenvalue weighted by Gasteiger charge is 2.27. The van der Waals surface area contributed by atoms with Gasteiger partial charge < -0.3 is 15.2 Å². The molecular formula is C33H39NO4. The molecule has 0 heterocycles. The monoisotopic (exact) mass is 513 g/mol. The third kappa shape index (κ3) is 7.25. The van der Waals surface area contributed by atoms with Gasteiger partial charge in [-0.25, -0.2) is 0 Å². The lowest BCUT2D eigenvalue weighted by Gasteiger charge is -2.31. The SMILES string of the molecule is CC(C)(C)c1ccc(-c2ccc(OC(c3ccc(C(=O)NCCC(=O)O)cc3)C3CCCCC3)cc2)cc1. The van der Waals surface area contributed by atoms with Crippen LogP contribution in [0.2, 0.25) is 0 Å². The van der Waals surface area contributed by atoms with E-state index in [1.165, 1.54) is 30.4 Å². The summed E-state index contributed by atoms with van der Waals surface area (Å²) in [6.07, 6.45) is 5.75. The average molecular weight is 514 g/mol. The molecule has 38 heavy (non-hydrogen) atoms. The zero-order valence-corrected chi connectivity index (χ0v) is 22.7. The molecule has 1 aliphatic rings. The van der Waals surface area contributed by atoms with E-state index in [0.29, 0.717) is 11.5 Å². The van der Waals surface area contributed by atoms with Crippen LogP contribution in [0.25, 0.3) is 11.1 Å². The van der Waals surface area contributed by atoms with E-state index < -0.39 is 5.97 Å². The minimum absolute atomic E-state index is 0.0867. The number of carbonyl (C=O) groups excluding carboxylic acids is 1. The molecule has 5 heteroatoms. The molecule has 1 fully saturated rings. The molecule has 5 nitrogen and oxygen atoms in total. The number of carboxylic acid groups (broad SMARTS) is 1. The number of hydrogen-bond donors (Lipinski definition) is 2. The standard InChI is InChI=1S/C33H39NO4/c1-33(2,3)28-17-13-23(14-18-28)24-15-19-29(20-16-24)38-31(25-7-5-4-6-8-25)26-9-11-27(12-10-26)32(37)34-22-21-30(35)36/h9-20,25,31H,4-8,21-22H2,1-3H3,(H,34,37)(H,35,36). The molecule has 3 aromatic carbocycles. The van der Waals surface area contributed by atoms with Gasteiger partial charge in [0, 0.05) is 18.0 Å². The van der Waals surface area contributed by atoms with E-state index in [-0.39, 0.29) is 30.4 Å². The highest BCUT2D eigenvalue weighted by Crippen LogP contribution is 2.38. The molecule has 1 amide bonds. The maximum Gasteiger partial charge on any atom is 0.305 e. The molecule has 2 N–H and O–H groups in total. The van der Waals surface area contributed by atoms with Crippen molar-refractivity contribution in [2.45, 2.75) is 70.8 Å². The Kier molecular flexibility index (Phi) is 8.88. The van der Waals surface area contributed by atoms with Crippen LogP contribution in [-0.2, 0) is 10.2 Å². The maximum absolute atomic E-state index is 12.4. The van der Waals surface area contributed by atoms with E-state index >= 15 is 0 Å². The highest BCUT2D eigenvalue weighted by molar-refractivity contribution is 5.94. The molecule has 0 saturated heterocycles. The highest BCUT2D eigenvalue weighted by atomic mass is 16.5. The largest absolute Gasteiger partial charge is 0.485 e. The van der Waals surface area contributed by atoms with Crippen molar-refractivity contribution in [1.29, 1.82) is 0 Å². The number of amides is 1. The van der Waals surface area contributed by atoms with Gasteiger partial charge in [-0.1, -0.05) is 88.6 Å². The number of aliphatic carboxylic acids is 1. The van der Waals surface area contributed by atoms with Crippen LogP contribution in [-0.4, -0.2) is 23.5 Å². The molecule has 0 spiro atoms. The Morgan fingerprint density at radius 1 is 0.868 bits per heavy atom. The van der Waals surface area contributed by atoms with Gasteiger partial charge in [0.25, 0.3) is 5.91 Å². The third-order valence-corrected chi connectivity index (χ3v) is 7.41. The maximum atomic E-state index is 12.4. The Labute approximate surface area is 226 Å². The van der Waals surface area contributed by atoms with E-state index in [2.05, 4.69) is 62.5 Å². The predicted octanol–water partition coefficient (Wildman–Crippen LogP) is 7.56. The molecule has 200 valence electrons. The van der Waals surface area contributed by atoms with E-state index in [1.807, 2.05) is 24.3 Å². The smallest absolute Gasteiger partial charge is 0.305 e. The summed E-state index contributed by atoms with van der Waals surface area (Å²) < 4.78 is 6.62. The number of ether oxygens (including phenoxy) is 1. The first-order chi connectivity index (χ1) is 18.2. The zero-order chi connectivity index (χ0) is 27.1. The first-order valence-corrected chi connectivity index (χ1v) is 13.7. The van der Waals surface area contributed by atoms with Gasteiger partial charge in [0.15, 0.2) is 0 Å². The van der Waals surface area contributed by atoms with Gasteiger partial charge in [-0.15, -0.1) is 0 Å². The first kappa shape index (κ1) is 27.4. The summed E-state index contributed by atoms with van der Waals surface area (Å²) >= 11 is 0. The summed E-state index contributed by atoms with van der Waals surface area (Å²) in [7, 11) is 0. The number of rotatable bonds is 9. The summed E-state index contributed by atoms with van der Waals surface area (Å²) in [5.41, 5.74) is 5.37. The lowest BCUT2D eigenvalue weighted by Crippen LogP contribution is -2.26. The second-order valence-electron chi connectivity index (χ2n) is 11.3. The second kappa shape index (κ2) is 12.3. The van der Waals surface area contributed by atoms with Crippen molar-refractivity contribution in [3.8, 4) is 16.9 Å². The van der Waals surface area contributed by atoms with Crippen LogP contribution in [0, 0.1) is 5.92 Å². The fraction of sp³-hybridized carbons (Fsp3) is 0.394. The summed E-state index contributed by atoms with van der Waals surface area (Å²) in [4.78, 5) is 23.1. The number of benzene rings is 3. The van der Waals surface area contributed by atoms with Gasteiger partial charge >= 0.3 is 5.97 Å². The van der Waals surface area contributed by atoms with Crippen molar-refractivity contribution < 1.29 is 19.4 Å². The summed E-state index contributed by atoms with van der Waals surface area (Å²) in [6, 6.07) is 24.6. The molecule has 0 aromatic heterocycles. The lowest BCUT2D eigenvalue weighted by atomic mass is 9.82. The van der Waals surface area contributed by atoms with Crippen LogP contribution in [0.15, 0.2) is 72.8 Å². The zero-order valence-electron chi connectivity index (χ0n) is 22.7. The molecule has 1 atom stereocenters. The fourth-order valence-corrected chi connectivity index (χ4v) is 5.12. The molecule has 0 radical (unpaired) electrons. The fourth-order valence-electron chi connectivity index (χ4n) is 5.12. The second-order valence-corrected chi connectivity index (χ2v) is 11.3. The topological polar surface area (TPSA) is 75.6 Å². The van der Waals surface area contributed by atoms with Gasteiger partial charge in [0.2, 0.25) is 0 Å². The molecule has 0 bridgehead atoms. The molecule has 4 rings (SSSR count). The van der Waals surface area contributed by atoms with Gasteiger partial charge in [0.1, 0.15) is 11.9 Å². The average Bonchev–Trinajstić information content (AvgIpc) is 2.92. The Hall–Kier alpha value is -3.60. The van der Waals surface area contributed by atoms with Crippen LogP contribution >= 0.6 is 0 Å². The molecule has 0 aliphatic heterocycles. The molecular weight excluding hydrogens is 474 g/mol. The Morgan fingerprint density at radius 3 is 2.00 bits per heavy atom. The van der Waals surface area contributed by atoms with Crippen LogP contribution in [0.3, 0.4) is 0 Å². The minimum Gasteiger partial charge on any atom is -0.485 e. The number of carboxylic acids is 1. The summed E-state index contributed by atoms with van der Waals surface area (Å²) in [5.74, 6) is 0.0633. The quantitative estimate of drug-likeness (QED) is 0.310. The van der Waals surface area contributed by atoms with Crippen molar-refractivity contribution in [1.82, 2.24) is 5.32 Å². The first-order valence-electron chi connectivity index (χ1n) is 13.7. The Bertz CT molecular complexity index is 1200. The predicted molar refractivity (Wildman–Crippen MR) is 152 cm³/mol. The van der Waals surface area contributed by atoms with Crippen molar-refractivity contribution in [2.75, 3.05) is 6.54 Å². The Morgan fingerprint density at radius 2 is 1.45 bits per heavy atom. The minimum atomic E-state index is -0.931. The molecule has 1 saturated carbocycles. The van der Waals surface area contributed by atoms with Gasteiger partial charge in [-0.2, -0.15) is 0 Å². The summed E-state index contributed by atoms with van der Waals surface area (Å²) in [5, 5.41) is 11.4. The molecule has 3 aromatic rings. The van der Waals surface area contributed by atoms with Gasteiger partial charge in [0.05, 0.1) is 6.42 Å². The van der Waals surface area contributed by atoms with Gasteiger partial charge in [-0.3, -0.25) is 9.59 Å². The van der Waals surface area contributed by atoms with Gasteiger partial charge in [-0.05, 0) is 64.8 Å². The van der Waals surface area contributed by atoms with Crippen LogP contribution < -0.4 is 10.1 Å². The van der Waals surface area contributed by atoms with Crippen LogP contribution in [0.5, 0.6) is 5.75 Å². The molecule has 1 unspecified atom stereocenters. The van der Waals surface area contributed by atoms with E-state index in [4.69, 9.17) is 9.84 Å².